The summed E-state index contributed by atoms with van der Waals surface area (Å²) in [5.41, 5.74) is 8.27. The maximum atomic E-state index is 12.5. The van der Waals surface area contributed by atoms with E-state index >= 15 is 0 Å². The summed E-state index contributed by atoms with van der Waals surface area (Å²) < 4.78 is 1.12. The van der Waals surface area contributed by atoms with Crippen molar-refractivity contribution >= 4 is 21.8 Å². The molecule has 0 radical (unpaired) electrons. The van der Waals surface area contributed by atoms with Crippen molar-refractivity contribution in [2.24, 2.45) is 11.7 Å². The molecule has 0 aliphatic carbocycles. The van der Waals surface area contributed by atoms with E-state index in [-0.39, 0.29) is 11.9 Å². The Morgan fingerprint density at radius 2 is 2.24 bits per heavy atom. The standard InChI is InChI=1S/C17H25BrN2O/c1-12-7-8-20(15(9-12)11-19)17(21)6-4-14-3-5-16(18)13(2)10-14/h3,5,10,12,15H,4,6-9,11,19H2,1-2H3. The third kappa shape index (κ3) is 4.30. The lowest BCUT2D eigenvalue weighted by Gasteiger charge is -2.38. The summed E-state index contributed by atoms with van der Waals surface area (Å²) in [6.45, 7) is 5.76. The highest BCUT2D eigenvalue weighted by Crippen LogP contribution is 2.23. The predicted octanol–water partition coefficient (Wildman–Crippen LogP) is 3.28. The Balaban J connectivity index is 1.93. The highest BCUT2D eigenvalue weighted by atomic mass is 79.9. The third-order valence-corrected chi connectivity index (χ3v) is 5.31. The molecule has 1 amide bonds. The molecule has 1 fully saturated rings. The molecule has 2 atom stereocenters. The molecule has 3 nitrogen and oxygen atoms in total. The zero-order valence-corrected chi connectivity index (χ0v) is 14.5. The zero-order valence-electron chi connectivity index (χ0n) is 12.9. The Kier molecular flexibility index (Phi) is 5.82. The van der Waals surface area contributed by atoms with Crippen LogP contribution in [0, 0.1) is 12.8 Å². The number of likely N-dealkylation sites (tertiary alicyclic amines) is 1. The minimum Gasteiger partial charge on any atom is -0.338 e. The van der Waals surface area contributed by atoms with E-state index in [1.807, 2.05) is 4.90 Å². The van der Waals surface area contributed by atoms with Crippen molar-refractivity contribution in [3.05, 3.63) is 33.8 Å². The summed E-state index contributed by atoms with van der Waals surface area (Å²) in [6, 6.07) is 6.52. The lowest BCUT2D eigenvalue weighted by molar-refractivity contribution is -0.135. The van der Waals surface area contributed by atoms with Gasteiger partial charge in [-0.2, -0.15) is 0 Å². The van der Waals surface area contributed by atoms with E-state index in [1.54, 1.807) is 0 Å². The second kappa shape index (κ2) is 7.41. The van der Waals surface area contributed by atoms with Gasteiger partial charge in [-0.1, -0.05) is 35.0 Å². The Morgan fingerprint density at radius 1 is 1.48 bits per heavy atom. The van der Waals surface area contributed by atoms with Gasteiger partial charge < -0.3 is 10.6 Å². The number of carbonyl (C=O) groups is 1. The Labute approximate surface area is 136 Å². The van der Waals surface area contributed by atoms with E-state index < -0.39 is 0 Å². The van der Waals surface area contributed by atoms with Crippen LogP contribution < -0.4 is 5.73 Å². The van der Waals surface area contributed by atoms with E-state index in [1.165, 1.54) is 11.1 Å². The van der Waals surface area contributed by atoms with Gasteiger partial charge in [0.25, 0.3) is 0 Å². The lowest BCUT2D eigenvalue weighted by atomic mass is 9.92. The SMILES string of the molecule is Cc1cc(CCC(=O)N2CCC(C)CC2CN)ccc1Br. The van der Waals surface area contributed by atoms with Crippen LogP contribution in [0.4, 0.5) is 0 Å². The lowest BCUT2D eigenvalue weighted by Crippen LogP contribution is -2.49. The second-order valence-corrected chi connectivity index (χ2v) is 7.04. The van der Waals surface area contributed by atoms with Crippen LogP contribution in [-0.2, 0) is 11.2 Å². The number of nitrogens with two attached hydrogens (primary N) is 1. The number of rotatable bonds is 4. The monoisotopic (exact) mass is 352 g/mol. The quantitative estimate of drug-likeness (QED) is 0.903. The molecule has 116 valence electrons. The Bertz CT molecular complexity index is 504. The number of aryl methyl sites for hydroxylation is 2. The van der Waals surface area contributed by atoms with E-state index in [2.05, 4.69) is 48.0 Å². The highest BCUT2D eigenvalue weighted by Gasteiger charge is 2.28. The van der Waals surface area contributed by atoms with Gasteiger partial charge in [0.15, 0.2) is 0 Å². The average Bonchev–Trinajstić information content (AvgIpc) is 2.48. The molecule has 0 saturated carbocycles. The number of hydrogen-bond donors (Lipinski definition) is 1. The molecule has 4 heteroatoms. The van der Waals surface area contributed by atoms with Crippen LogP contribution in [0.3, 0.4) is 0 Å². The first kappa shape index (κ1) is 16.5. The van der Waals surface area contributed by atoms with Crippen LogP contribution in [0.5, 0.6) is 0 Å². The van der Waals surface area contributed by atoms with Crippen molar-refractivity contribution in [3.8, 4) is 0 Å². The van der Waals surface area contributed by atoms with Crippen LogP contribution in [-0.4, -0.2) is 29.9 Å². The number of benzene rings is 1. The summed E-state index contributed by atoms with van der Waals surface area (Å²) in [7, 11) is 0. The second-order valence-electron chi connectivity index (χ2n) is 6.19. The van der Waals surface area contributed by atoms with E-state index in [4.69, 9.17) is 5.73 Å². The molecule has 0 spiro atoms. The van der Waals surface area contributed by atoms with Gasteiger partial charge in [0.05, 0.1) is 0 Å². The van der Waals surface area contributed by atoms with E-state index in [9.17, 15) is 4.79 Å². The number of halogens is 1. The summed E-state index contributed by atoms with van der Waals surface area (Å²) >= 11 is 3.51. The number of amides is 1. The first-order valence-corrected chi connectivity index (χ1v) is 8.55. The maximum Gasteiger partial charge on any atom is 0.223 e. The van der Waals surface area contributed by atoms with Crippen LogP contribution in [0.25, 0.3) is 0 Å². The fourth-order valence-electron chi connectivity index (χ4n) is 3.06. The molecular weight excluding hydrogens is 328 g/mol. The molecule has 1 aliphatic rings. The number of nitrogens with zero attached hydrogens (tertiary/aromatic N) is 1. The highest BCUT2D eigenvalue weighted by molar-refractivity contribution is 9.10. The summed E-state index contributed by atoms with van der Waals surface area (Å²) in [5.74, 6) is 0.926. The van der Waals surface area contributed by atoms with Gasteiger partial charge in [0, 0.05) is 30.0 Å². The summed E-state index contributed by atoms with van der Waals surface area (Å²) in [6.07, 6.45) is 3.52. The molecule has 2 rings (SSSR count). The van der Waals surface area contributed by atoms with Gasteiger partial charge in [-0.3, -0.25) is 4.79 Å². The molecule has 0 bridgehead atoms. The molecule has 1 saturated heterocycles. The van der Waals surface area contributed by atoms with Crippen molar-refractivity contribution in [3.63, 3.8) is 0 Å². The molecule has 1 aromatic rings. The minimum absolute atomic E-state index is 0.230. The van der Waals surface area contributed by atoms with Gasteiger partial charge in [-0.05, 0) is 49.3 Å². The fraction of sp³-hybridized carbons (Fsp3) is 0.588. The van der Waals surface area contributed by atoms with Crippen molar-refractivity contribution in [2.45, 2.75) is 45.6 Å². The maximum absolute atomic E-state index is 12.5. The Hall–Kier alpha value is -0.870. The fourth-order valence-corrected chi connectivity index (χ4v) is 3.31. The zero-order chi connectivity index (χ0) is 15.4. The molecule has 0 aromatic heterocycles. The van der Waals surface area contributed by atoms with Gasteiger partial charge >= 0.3 is 0 Å². The van der Waals surface area contributed by atoms with Crippen molar-refractivity contribution < 1.29 is 4.79 Å². The average molecular weight is 353 g/mol. The topological polar surface area (TPSA) is 46.3 Å². The molecule has 1 heterocycles. The van der Waals surface area contributed by atoms with Crippen LogP contribution in [0.1, 0.15) is 37.3 Å². The van der Waals surface area contributed by atoms with Gasteiger partial charge in [-0.15, -0.1) is 0 Å². The number of hydrogen-bond acceptors (Lipinski definition) is 2. The molecule has 21 heavy (non-hydrogen) atoms. The number of carbonyl (C=O) groups excluding carboxylic acids is 1. The van der Waals surface area contributed by atoms with E-state index in [0.717, 1.165) is 30.3 Å². The van der Waals surface area contributed by atoms with Gasteiger partial charge in [0.1, 0.15) is 0 Å². The molecule has 1 aromatic carbocycles. The number of piperidine rings is 1. The normalized spacial score (nSPS) is 22.4. The Morgan fingerprint density at radius 3 is 2.90 bits per heavy atom. The molecule has 1 aliphatic heterocycles. The predicted molar refractivity (Wildman–Crippen MR) is 90.2 cm³/mol. The van der Waals surface area contributed by atoms with Crippen LogP contribution in [0.2, 0.25) is 0 Å². The smallest absolute Gasteiger partial charge is 0.223 e. The van der Waals surface area contributed by atoms with Crippen LogP contribution >= 0.6 is 15.9 Å². The first-order valence-electron chi connectivity index (χ1n) is 7.75. The minimum atomic E-state index is 0.230. The van der Waals surface area contributed by atoms with Crippen LogP contribution in [0.15, 0.2) is 22.7 Å². The summed E-state index contributed by atoms with van der Waals surface area (Å²) in [5, 5.41) is 0. The van der Waals surface area contributed by atoms with E-state index in [0.29, 0.717) is 18.9 Å². The first-order chi connectivity index (χ1) is 10.0. The molecule has 2 unspecified atom stereocenters. The van der Waals surface area contributed by atoms with Crippen molar-refractivity contribution in [1.82, 2.24) is 4.90 Å². The molecule has 2 N–H and O–H groups in total. The van der Waals surface area contributed by atoms with Gasteiger partial charge in [0.2, 0.25) is 5.91 Å². The third-order valence-electron chi connectivity index (χ3n) is 4.42. The molecular formula is C17H25BrN2O. The summed E-state index contributed by atoms with van der Waals surface area (Å²) in [4.78, 5) is 14.5. The van der Waals surface area contributed by atoms with Gasteiger partial charge in [-0.25, -0.2) is 0 Å². The largest absolute Gasteiger partial charge is 0.338 e. The van der Waals surface area contributed by atoms with Crippen molar-refractivity contribution in [2.75, 3.05) is 13.1 Å². The van der Waals surface area contributed by atoms with Crippen molar-refractivity contribution in [1.29, 1.82) is 0 Å².